The second kappa shape index (κ2) is 9.17. The molecule has 0 radical (unpaired) electrons. The van der Waals surface area contributed by atoms with Crippen LogP contribution in [0, 0.1) is 0 Å². The van der Waals surface area contributed by atoms with Crippen molar-refractivity contribution in [3.8, 4) is 5.75 Å². The first-order valence-electron chi connectivity index (χ1n) is 9.16. The number of aromatic hydroxyl groups is 1. The predicted molar refractivity (Wildman–Crippen MR) is 108 cm³/mol. The molecule has 0 atom stereocenters. The Bertz CT molecular complexity index is 859. The lowest BCUT2D eigenvalue weighted by Crippen LogP contribution is -2.33. The standard InChI is InChI=1S/C21H26F3N3O2/c1-20(2,3)15-7-8-18(29)17(12-15)27-19(25-9-10-28)26-13-14-5-4-6-16(11-14)21(22,23)24/h4-8,11-12,28-29H,9-10,13H2,1-3H3,(H2,25,26,27). The molecule has 8 heteroatoms. The van der Waals surface area contributed by atoms with Gasteiger partial charge in [0, 0.05) is 6.54 Å². The Hall–Kier alpha value is -2.74. The summed E-state index contributed by atoms with van der Waals surface area (Å²) >= 11 is 0. The summed E-state index contributed by atoms with van der Waals surface area (Å²) < 4.78 is 38.6. The summed E-state index contributed by atoms with van der Waals surface area (Å²) in [5, 5.41) is 25.1. The molecule has 2 rings (SSSR count). The average Bonchev–Trinajstić information content (AvgIpc) is 2.64. The Kier molecular flexibility index (Phi) is 7.13. The molecule has 0 fully saturated rings. The lowest BCUT2D eigenvalue weighted by Gasteiger charge is -2.21. The topological polar surface area (TPSA) is 76.9 Å². The van der Waals surface area contributed by atoms with E-state index in [1.165, 1.54) is 6.07 Å². The van der Waals surface area contributed by atoms with E-state index in [1.54, 1.807) is 18.2 Å². The molecule has 0 aromatic heterocycles. The number of phenols is 1. The van der Waals surface area contributed by atoms with Crippen molar-refractivity contribution < 1.29 is 23.4 Å². The first-order chi connectivity index (χ1) is 13.5. The SMILES string of the molecule is CC(C)(C)c1ccc(O)c(NC(=NCc2cccc(C(F)(F)F)c2)NCCO)c1. The Morgan fingerprint density at radius 2 is 1.76 bits per heavy atom. The first kappa shape index (κ1) is 22.5. The third kappa shape index (κ3) is 6.67. The van der Waals surface area contributed by atoms with Crippen molar-refractivity contribution in [1.82, 2.24) is 5.32 Å². The summed E-state index contributed by atoms with van der Waals surface area (Å²) in [7, 11) is 0. The van der Waals surface area contributed by atoms with Gasteiger partial charge in [0.25, 0.3) is 0 Å². The second-order valence-electron chi connectivity index (χ2n) is 7.62. The van der Waals surface area contributed by atoms with Gasteiger partial charge in [-0.3, -0.25) is 0 Å². The fourth-order valence-electron chi connectivity index (χ4n) is 2.56. The van der Waals surface area contributed by atoms with E-state index < -0.39 is 11.7 Å². The molecule has 0 unspecified atom stereocenters. The van der Waals surface area contributed by atoms with E-state index >= 15 is 0 Å². The Morgan fingerprint density at radius 3 is 2.38 bits per heavy atom. The van der Waals surface area contributed by atoms with E-state index in [2.05, 4.69) is 15.6 Å². The summed E-state index contributed by atoms with van der Waals surface area (Å²) in [6, 6.07) is 10.1. The van der Waals surface area contributed by atoms with Gasteiger partial charge in [-0.1, -0.05) is 39.0 Å². The molecule has 29 heavy (non-hydrogen) atoms. The second-order valence-corrected chi connectivity index (χ2v) is 7.62. The van der Waals surface area contributed by atoms with E-state index in [9.17, 15) is 18.3 Å². The third-order valence-electron chi connectivity index (χ3n) is 4.19. The van der Waals surface area contributed by atoms with Gasteiger partial charge >= 0.3 is 6.18 Å². The van der Waals surface area contributed by atoms with Crippen LogP contribution in [0.25, 0.3) is 0 Å². The Labute approximate surface area is 168 Å². The molecule has 5 nitrogen and oxygen atoms in total. The van der Waals surface area contributed by atoms with Gasteiger partial charge in [-0.15, -0.1) is 0 Å². The van der Waals surface area contributed by atoms with Gasteiger partial charge < -0.3 is 20.8 Å². The minimum atomic E-state index is -4.42. The number of alkyl halides is 3. The van der Waals surface area contributed by atoms with E-state index in [0.717, 1.165) is 17.7 Å². The number of halogens is 3. The number of nitrogens with zero attached hydrogens (tertiary/aromatic N) is 1. The molecule has 4 N–H and O–H groups in total. The van der Waals surface area contributed by atoms with E-state index in [0.29, 0.717) is 11.3 Å². The zero-order valence-corrected chi connectivity index (χ0v) is 16.6. The zero-order chi connectivity index (χ0) is 21.7. The van der Waals surface area contributed by atoms with Crippen LogP contribution in [0.4, 0.5) is 18.9 Å². The quantitative estimate of drug-likeness (QED) is 0.338. The lowest BCUT2D eigenvalue weighted by molar-refractivity contribution is -0.137. The van der Waals surface area contributed by atoms with Crippen LogP contribution in [-0.4, -0.2) is 29.3 Å². The smallest absolute Gasteiger partial charge is 0.416 e. The summed E-state index contributed by atoms with van der Waals surface area (Å²) in [5.41, 5.74) is 0.900. The Morgan fingerprint density at radius 1 is 1.03 bits per heavy atom. The molecule has 0 aliphatic heterocycles. The minimum Gasteiger partial charge on any atom is -0.506 e. The number of guanidine groups is 1. The summed E-state index contributed by atoms with van der Waals surface area (Å²) in [5.74, 6) is 0.244. The third-order valence-corrected chi connectivity index (χ3v) is 4.19. The lowest BCUT2D eigenvalue weighted by atomic mass is 9.87. The number of hydrogen-bond donors (Lipinski definition) is 4. The van der Waals surface area contributed by atoms with Crippen LogP contribution in [0.3, 0.4) is 0 Å². The number of rotatable bonds is 5. The number of aliphatic imine (C=N–C) groups is 1. The van der Waals surface area contributed by atoms with Crippen molar-refractivity contribution in [3.05, 3.63) is 59.2 Å². The molecule has 0 aliphatic rings. The van der Waals surface area contributed by atoms with Gasteiger partial charge in [-0.25, -0.2) is 4.99 Å². The van der Waals surface area contributed by atoms with Crippen molar-refractivity contribution in [1.29, 1.82) is 0 Å². The van der Waals surface area contributed by atoms with Gasteiger partial charge in [0.15, 0.2) is 5.96 Å². The average molecular weight is 409 g/mol. The highest BCUT2D eigenvalue weighted by Gasteiger charge is 2.30. The van der Waals surface area contributed by atoms with Crippen LogP contribution in [0.1, 0.15) is 37.5 Å². The molecule has 0 bridgehead atoms. The minimum absolute atomic E-state index is 0.00952. The number of aliphatic hydroxyl groups excluding tert-OH is 1. The molecule has 158 valence electrons. The van der Waals surface area contributed by atoms with Gasteiger partial charge in [0.1, 0.15) is 5.75 Å². The van der Waals surface area contributed by atoms with Crippen LogP contribution in [0.15, 0.2) is 47.5 Å². The Balaban J connectivity index is 2.26. The molecule has 0 aliphatic carbocycles. The zero-order valence-electron chi connectivity index (χ0n) is 16.6. The van der Waals surface area contributed by atoms with Crippen LogP contribution < -0.4 is 10.6 Å². The summed E-state index contributed by atoms with van der Waals surface area (Å²) in [4.78, 5) is 4.29. The van der Waals surface area contributed by atoms with Crippen LogP contribution in [0.2, 0.25) is 0 Å². The van der Waals surface area contributed by atoms with E-state index in [4.69, 9.17) is 5.11 Å². The van der Waals surface area contributed by atoms with Crippen molar-refractivity contribution >= 4 is 11.6 Å². The number of anilines is 1. The fraction of sp³-hybridized carbons (Fsp3) is 0.381. The first-order valence-corrected chi connectivity index (χ1v) is 9.16. The highest BCUT2D eigenvalue weighted by atomic mass is 19.4. The maximum atomic E-state index is 12.9. The predicted octanol–water partition coefficient (Wildman–Crippen LogP) is 4.26. The monoisotopic (exact) mass is 409 g/mol. The van der Waals surface area contributed by atoms with Crippen LogP contribution in [0.5, 0.6) is 5.75 Å². The highest BCUT2D eigenvalue weighted by molar-refractivity contribution is 5.95. The fourth-order valence-corrected chi connectivity index (χ4v) is 2.56. The van der Waals surface area contributed by atoms with Gasteiger partial charge in [0.05, 0.1) is 24.4 Å². The van der Waals surface area contributed by atoms with Crippen molar-refractivity contribution in [2.45, 2.75) is 38.9 Å². The van der Waals surface area contributed by atoms with Crippen molar-refractivity contribution in [2.75, 3.05) is 18.5 Å². The molecular formula is C21H26F3N3O2. The van der Waals surface area contributed by atoms with Crippen molar-refractivity contribution in [2.24, 2.45) is 4.99 Å². The number of aliphatic hydroxyl groups is 1. The largest absolute Gasteiger partial charge is 0.506 e. The number of phenolic OH excluding ortho intramolecular Hbond substituents is 1. The molecular weight excluding hydrogens is 383 g/mol. The molecule has 0 amide bonds. The highest BCUT2D eigenvalue weighted by Crippen LogP contribution is 2.31. The van der Waals surface area contributed by atoms with Crippen LogP contribution >= 0.6 is 0 Å². The van der Waals surface area contributed by atoms with E-state index in [-0.39, 0.29) is 36.8 Å². The summed E-state index contributed by atoms with van der Waals surface area (Å²) in [6.07, 6.45) is -4.42. The van der Waals surface area contributed by atoms with Gasteiger partial charge in [-0.2, -0.15) is 13.2 Å². The van der Waals surface area contributed by atoms with Crippen molar-refractivity contribution in [3.63, 3.8) is 0 Å². The number of nitrogens with one attached hydrogen (secondary N) is 2. The molecule has 0 heterocycles. The molecule has 0 saturated heterocycles. The normalized spacial score (nSPS) is 12.7. The maximum Gasteiger partial charge on any atom is 0.416 e. The number of hydrogen-bond acceptors (Lipinski definition) is 3. The molecule has 2 aromatic carbocycles. The molecule has 0 saturated carbocycles. The van der Waals surface area contributed by atoms with Crippen LogP contribution in [-0.2, 0) is 18.1 Å². The molecule has 0 spiro atoms. The number of benzene rings is 2. The van der Waals surface area contributed by atoms with Gasteiger partial charge in [0.2, 0.25) is 0 Å². The van der Waals surface area contributed by atoms with E-state index in [1.807, 2.05) is 26.8 Å². The molecule has 2 aromatic rings. The maximum absolute atomic E-state index is 12.9. The van der Waals surface area contributed by atoms with Gasteiger partial charge in [-0.05, 0) is 40.8 Å². The summed E-state index contributed by atoms with van der Waals surface area (Å²) in [6.45, 7) is 6.14.